The molecule has 0 aromatic heterocycles. The third-order valence-electron chi connectivity index (χ3n) is 2.64. The maximum absolute atomic E-state index is 11.6. The maximum atomic E-state index is 11.6. The molecule has 1 saturated carbocycles. The zero-order valence-corrected chi connectivity index (χ0v) is 10.7. The van der Waals surface area contributed by atoms with E-state index in [-0.39, 0.29) is 10.7 Å². The molecule has 0 spiro atoms. The van der Waals surface area contributed by atoms with Crippen LogP contribution >= 0.6 is 12.2 Å². The average Bonchev–Trinajstić information content (AvgIpc) is 2.29. The van der Waals surface area contributed by atoms with Crippen LogP contribution in [0.1, 0.15) is 32.1 Å². The van der Waals surface area contributed by atoms with Gasteiger partial charge >= 0.3 is 0 Å². The van der Waals surface area contributed by atoms with E-state index >= 15 is 0 Å². The van der Waals surface area contributed by atoms with Gasteiger partial charge in [0, 0.05) is 6.04 Å². The van der Waals surface area contributed by atoms with Crippen LogP contribution < -0.4 is 10.5 Å². The number of aliphatic hydroxyl groups excluding tert-OH is 1. The van der Waals surface area contributed by atoms with Gasteiger partial charge in [-0.15, -0.1) is 0 Å². The minimum atomic E-state index is -3.51. The van der Waals surface area contributed by atoms with E-state index < -0.39 is 22.2 Å². The smallest absolute Gasteiger partial charge is 0.218 e. The lowest BCUT2D eigenvalue weighted by molar-refractivity contribution is 0.130. The van der Waals surface area contributed by atoms with E-state index in [1.54, 1.807) is 0 Å². The minimum absolute atomic E-state index is 0.0596. The Labute approximate surface area is 101 Å². The zero-order chi connectivity index (χ0) is 12.2. The van der Waals surface area contributed by atoms with Crippen molar-refractivity contribution < 1.29 is 13.5 Å². The van der Waals surface area contributed by atoms with Gasteiger partial charge in [-0.3, -0.25) is 0 Å². The van der Waals surface area contributed by atoms with E-state index in [1.165, 1.54) is 0 Å². The molecule has 0 radical (unpaired) electrons. The number of nitrogens with one attached hydrogen (secondary N) is 1. The third-order valence-corrected chi connectivity index (χ3v) is 4.32. The molecule has 1 fully saturated rings. The zero-order valence-electron chi connectivity index (χ0n) is 9.05. The molecule has 0 amide bonds. The fourth-order valence-electron chi connectivity index (χ4n) is 1.89. The molecule has 2 unspecified atom stereocenters. The molecule has 16 heavy (non-hydrogen) atoms. The highest BCUT2D eigenvalue weighted by Crippen LogP contribution is 2.18. The second-order valence-electron chi connectivity index (χ2n) is 4.16. The molecule has 0 saturated heterocycles. The van der Waals surface area contributed by atoms with Gasteiger partial charge < -0.3 is 10.8 Å². The summed E-state index contributed by atoms with van der Waals surface area (Å²) in [6.45, 7) is 0. The lowest BCUT2D eigenvalue weighted by Crippen LogP contribution is -2.45. The molecule has 5 nitrogen and oxygen atoms in total. The number of hydrogen-bond donors (Lipinski definition) is 3. The van der Waals surface area contributed by atoms with Gasteiger partial charge in [0.2, 0.25) is 10.0 Å². The van der Waals surface area contributed by atoms with Crippen molar-refractivity contribution >= 4 is 27.2 Å². The summed E-state index contributed by atoms with van der Waals surface area (Å²) in [5, 5.41) is 9.76. The van der Waals surface area contributed by atoms with Crippen LogP contribution in [0.15, 0.2) is 0 Å². The van der Waals surface area contributed by atoms with Gasteiger partial charge in [-0.1, -0.05) is 31.5 Å². The van der Waals surface area contributed by atoms with Crippen molar-refractivity contribution in [2.24, 2.45) is 5.73 Å². The Balaban J connectivity index is 2.60. The number of thiocarbonyl (C=S) groups is 1. The molecule has 1 aliphatic rings. The standard InChI is InChI=1S/C9H18N2O3S2/c10-9(15)6-16(13,14)11-7-4-2-1-3-5-8(7)12/h7-8,11-12H,1-6H2,(H2,10,15). The lowest BCUT2D eigenvalue weighted by atomic mass is 10.1. The van der Waals surface area contributed by atoms with Crippen LogP contribution in [-0.2, 0) is 10.0 Å². The van der Waals surface area contributed by atoms with E-state index in [1.807, 2.05) is 0 Å². The Bertz CT molecular complexity index is 343. The quantitative estimate of drug-likeness (QED) is 0.487. The van der Waals surface area contributed by atoms with Gasteiger partial charge in [0.05, 0.1) is 11.1 Å². The predicted octanol–water partition coefficient (Wildman–Crippen LogP) is -0.115. The van der Waals surface area contributed by atoms with E-state index in [2.05, 4.69) is 16.9 Å². The second kappa shape index (κ2) is 5.90. The van der Waals surface area contributed by atoms with Crippen molar-refractivity contribution in [2.45, 2.75) is 44.2 Å². The fraction of sp³-hybridized carbons (Fsp3) is 0.889. The molecule has 4 N–H and O–H groups in total. The molecule has 7 heteroatoms. The summed E-state index contributed by atoms with van der Waals surface area (Å²) < 4.78 is 25.6. The lowest BCUT2D eigenvalue weighted by Gasteiger charge is -2.21. The van der Waals surface area contributed by atoms with E-state index in [0.717, 1.165) is 19.3 Å². The van der Waals surface area contributed by atoms with Crippen LogP contribution in [0.5, 0.6) is 0 Å². The molecule has 94 valence electrons. The first-order valence-electron chi connectivity index (χ1n) is 5.37. The van der Waals surface area contributed by atoms with Crippen LogP contribution in [0.25, 0.3) is 0 Å². The molecule has 2 atom stereocenters. The summed E-state index contributed by atoms with van der Waals surface area (Å²) in [5.41, 5.74) is 5.20. The van der Waals surface area contributed by atoms with Crippen LogP contribution in [-0.4, -0.2) is 36.4 Å². The normalized spacial score (nSPS) is 27.3. The monoisotopic (exact) mass is 266 g/mol. The van der Waals surface area contributed by atoms with Crippen molar-refractivity contribution in [3.8, 4) is 0 Å². The number of aliphatic hydroxyl groups is 1. The Kier molecular flexibility index (Phi) is 5.10. The van der Waals surface area contributed by atoms with Crippen molar-refractivity contribution in [1.29, 1.82) is 0 Å². The number of hydrogen-bond acceptors (Lipinski definition) is 4. The van der Waals surface area contributed by atoms with Gasteiger partial charge in [-0.2, -0.15) is 0 Å². The van der Waals surface area contributed by atoms with Crippen LogP contribution in [0.2, 0.25) is 0 Å². The molecule has 0 bridgehead atoms. The van der Waals surface area contributed by atoms with Gasteiger partial charge in [0.15, 0.2) is 0 Å². The maximum Gasteiger partial charge on any atom is 0.218 e. The Morgan fingerprint density at radius 2 is 2.00 bits per heavy atom. The third kappa shape index (κ3) is 4.73. The Hall–Kier alpha value is -0.240. The van der Waals surface area contributed by atoms with Gasteiger partial charge in [0.1, 0.15) is 5.75 Å². The summed E-state index contributed by atoms with van der Waals surface area (Å²) in [6, 6.07) is -0.401. The first-order chi connectivity index (χ1) is 7.41. The number of nitrogens with two attached hydrogens (primary N) is 1. The topological polar surface area (TPSA) is 92.4 Å². The van der Waals surface area contributed by atoms with Crippen molar-refractivity contribution in [3.05, 3.63) is 0 Å². The van der Waals surface area contributed by atoms with Crippen LogP contribution in [0.4, 0.5) is 0 Å². The predicted molar refractivity (Wildman–Crippen MR) is 66.6 cm³/mol. The molecule has 1 rings (SSSR count). The Morgan fingerprint density at radius 1 is 1.38 bits per heavy atom. The van der Waals surface area contributed by atoms with Crippen LogP contribution in [0.3, 0.4) is 0 Å². The largest absolute Gasteiger partial charge is 0.392 e. The molecular weight excluding hydrogens is 248 g/mol. The average molecular weight is 266 g/mol. The highest BCUT2D eigenvalue weighted by molar-refractivity contribution is 7.92. The minimum Gasteiger partial charge on any atom is -0.392 e. The van der Waals surface area contributed by atoms with Crippen molar-refractivity contribution in [1.82, 2.24) is 4.72 Å². The van der Waals surface area contributed by atoms with E-state index in [9.17, 15) is 13.5 Å². The molecular formula is C9H18N2O3S2. The van der Waals surface area contributed by atoms with E-state index in [4.69, 9.17) is 5.73 Å². The van der Waals surface area contributed by atoms with Crippen LogP contribution in [0, 0.1) is 0 Å². The fourth-order valence-corrected chi connectivity index (χ4v) is 3.54. The molecule has 0 aromatic rings. The summed E-state index contributed by atoms with van der Waals surface area (Å²) in [6.07, 6.45) is 3.60. The highest BCUT2D eigenvalue weighted by Gasteiger charge is 2.26. The second-order valence-corrected chi connectivity index (χ2v) is 6.43. The first kappa shape index (κ1) is 13.8. The van der Waals surface area contributed by atoms with Crippen molar-refractivity contribution in [3.63, 3.8) is 0 Å². The summed E-state index contributed by atoms with van der Waals surface area (Å²) in [7, 11) is -3.51. The van der Waals surface area contributed by atoms with Gasteiger partial charge in [-0.05, 0) is 12.8 Å². The SMILES string of the molecule is NC(=S)CS(=O)(=O)NC1CCCCCC1O. The summed E-state index contributed by atoms with van der Waals surface area (Å²) in [5.74, 6) is -0.356. The highest BCUT2D eigenvalue weighted by atomic mass is 32.2. The summed E-state index contributed by atoms with van der Waals surface area (Å²) >= 11 is 4.56. The van der Waals surface area contributed by atoms with Gasteiger partial charge in [0.25, 0.3) is 0 Å². The molecule has 0 aromatic carbocycles. The van der Waals surface area contributed by atoms with E-state index in [0.29, 0.717) is 12.8 Å². The Morgan fingerprint density at radius 3 is 2.62 bits per heavy atom. The molecule has 0 heterocycles. The molecule has 0 aliphatic heterocycles. The summed E-state index contributed by atoms with van der Waals surface area (Å²) in [4.78, 5) is -0.0596. The van der Waals surface area contributed by atoms with Crippen molar-refractivity contribution in [2.75, 3.05) is 5.75 Å². The number of sulfonamides is 1. The number of rotatable bonds is 4. The van der Waals surface area contributed by atoms with Gasteiger partial charge in [-0.25, -0.2) is 13.1 Å². The first-order valence-corrected chi connectivity index (χ1v) is 7.43. The molecule has 1 aliphatic carbocycles.